The van der Waals surface area contributed by atoms with Gasteiger partial charge in [0.05, 0.1) is 5.75 Å². The molecule has 84 valence electrons. The molecule has 0 spiro atoms. The number of nitrogens with one attached hydrogen (secondary N) is 1. The highest BCUT2D eigenvalue weighted by molar-refractivity contribution is 7.98. The van der Waals surface area contributed by atoms with Crippen molar-refractivity contribution in [2.24, 2.45) is 0 Å². The fourth-order valence-corrected chi connectivity index (χ4v) is 1.68. The predicted molar refractivity (Wildman–Crippen MR) is 60.4 cm³/mol. The van der Waals surface area contributed by atoms with Crippen LogP contribution in [0.2, 0.25) is 0 Å². The quantitative estimate of drug-likeness (QED) is 0.633. The Morgan fingerprint density at radius 1 is 1.38 bits per heavy atom. The van der Waals surface area contributed by atoms with Crippen LogP contribution in [-0.2, 0) is 5.75 Å². The van der Waals surface area contributed by atoms with Crippen molar-refractivity contribution in [3.63, 3.8) is 0 Å². The van der Waals surface area contributed by atoms with Gasteiger partial charge in [-0.2, -0.15) is 0 Å². The maximum absolute atomic E-state index is 10.6. The summed E-state index contributed by atoms with van der Waals surface area (Å²) < 4.78 is 10.2. The van der Waals surface area contributed by atoms with Crippen LogP contribution in [0.15, 0.2) is 39.5 Å². The van der Waals surface area contributed by atoms with E-state index in [1.165, 1.54) is 11.8 Å². The first-order chi connectivity index (χ1) is 7.84. The van der Waals surface area contributed by atoms with Gasteiger partial charge in [0.1, 0.15) is 11.7 Å². The molecule has 0 radical (unpaired) electrons. The van der Waals surface area contributed by atoms with E-state index in [9.17, 15) is 4.79 Å². The van der Waals surface area contributed by atoms with Crippen molar-refractivity contribution in [2.75, 3.05) is 5.94 Å². The molecule has 16 heavy (non-hydrogen) atoms. The minimum atomic E-state index is -0.528. The van der Waals surface area contributed by atoms with E-state index < -0.39 is 5.76 Å². The van der Waals surface area contributed by atoms with Gasteiger partial charge in [-0.05, 0) is 12.1 Å². The van der Waals surface area contributed by atoms with Gasteiger partial charge in [0.25, 0.3) is 0 Å². The van der Waals surface area contributed by atoms with Gasteiger partial charge in [0.15, 0.2) is 0 Å². The summed E-state index contributed by atoms with van der Waals surface area (Å²) in [5.74, 6) is 1.66. The van der Waals surface area contributed by atoms with Gasteiger partial charge in [0.2, 0.25) is 5.89 Å². The van der Waals surface area contributed by atoms with Crippen LogP contribution in [0.25, 0.3) is 0 Å². The van der Waals surface area contributed by atoms with E-state index >= 15 is 0 Å². The molecule has 1 heterocycles. The van der Waals surface area contributed by atoms with Gasteiger partial charge >= 0.3 is 5.76 Å². The highest BCUT2D eigenvalue weighted by Crippen LogP contribution is 2.13. The lowest BCUT2D eigenvalue weighted by Crippen LogP contribution is -1.94. The lowest BCUT2D eigenvalue weighted by molar-refractivity contribution is 0.392. The first-order valence-corrected chi connectivity index (χ1v) is 5.80. The summed E-state index contributed by atoms with van der Waals surface area (Å²) in [6.07, 6.45) is 0. The van der Waals surface area contributed by atoms with E-state index in [4.69, 9.17) is 9.15 Å². The van der Waals surface area contributed by atoms with Gasteiger partial charge in [-0.25, -0.2) is 9.89 Å². The largest absolute Gasteiger partial charge is 0.483 e. The third-order valence-corrected chi connectivity index (χ3v) is 2.50. The maximum Gasteiger partial charge on any atom is 0.434 e. The molecule has 0 unspecified atom stereocenters. The van der Waals surface area contributed by atoms with Gasteiger partial charge < -0.3 is 9.15 Å². The Bertz CT molecular complexity index is 480. The lowest BCUT2D eigenvalue weighted by atomic mass is 10.3. The minimum absolute atomic E-state index is 0.381. The molecule has 0 saturated heterocycles. The number of ether oxygens (including phenoxy) is 1. The summed E-state index contributed by atoms with van der Waals surface area (Å²) in [7, 11) is 0. The second-order valence-corrected chi connectivity index (χ2v) is 3.86. The topological polar surface area (TPSA) is 68.1 Å². The molecular formula is C10H10N2O3S. The summed E-state index contributed by atoms with van der Waals surface area (Å²) in [6, 6.07) is 9.52. The molecule has 1 aromatic heterocycles. The van der Waals surface area contributed by atoms with Crippen molar-refractivity contribution in [3.8, 4) is 5.75 Å². The van der Waals surface area contributed by atoms with Crippen LogP contribution < -0.4 is 10.5 Å². The Balaban J connectivity index is 1.71. The molecule has 2 aromatic rings. The van der Waals surface area contributed by atoms with Crippen LogP contribution in [0, 0.1) is 0 Å². The van der Waals surface area contributed by atoms with Crippen molar-refractivity contribution in [2.45, 2.75) is 5.75 Å². The number of H-pyrrole nitrogens is 1. The lowest BCUT2D eigenvalue weighted by Gasteiger charge is -2.03. The van der Waals surface area contributed by atoms with E-state index in [1.54, 1.807) is 0 Å². The van der Waals surface area contributed by atoms with Crippen molar-refractivity contribution >= 4 is 11.8 Å². The van der Waals surface area contributed by atoms with Crippen LogP contribution in [-0.4, -0.2) is 16.1 Å². The average molecular weight is 238 g/mol. The SMILES string of the molecule is O=c1[nH]nc(CSCOc2ccccc2)o1. The average Bonchev–Trinajstić information content (AvgIpc) is 2.72. The number of hydrogen-bond acceptors (Lipinski definition) is 5. The molecule has 5 nitrogen and oxygen atoms in total. The molecule has 0 amide bonds. The Morgan fingerprint density at radius 3 is 2.88 bits per heavy atom. The van der Waals surface area contributed by atoms with Gasteiger partial charge in [-0.1, -0.05) is 18.2 Å². The summed E-state index contributed by atoms with van der Waals surface area (Å²) in [5.41, 5.74) is 0. The molecule has 0 saturated carbocycles. The van der Waals surface area contributed by atoms with E-state index in [2.05, 4.69) is 10.2 Å². The first-order valence-electron chi connectivity index (χ1n) is 4.64. The number of benzene rings is 1. The third-order valence-electron chi connectivity index (χ3n) is 1.76. The molecule has 0 aliphatic heterocycles. The van der Waals surface area contributed by atoms with Crippen molar-refractivity contribution in [1.82, 2.24) is 10.2 Å². The molecule has 2 rings (SSSR count). The molecule has 1 aromatic carbocycles. The number of rotatable bonds is 5. The highest BCUT2D eigenvalue weighted by atomic mass is 32.2. The zero-order chi connectivity index (χ0) is 11.2. The number of para-hydroxylation sites is 1. The molecule has 0 aliphatic rings. The van der Waals surface area contributed by atoms with Gasteiger partial charge in [-0.3, -0.25) is 0 Å². The monoisotopic (exact) mass is 238 g/mol. The Kier molecular flexibility index (Phi) is 3.66. The molecule has 6 heteroatoms. The van der Waals surface area contributed by atoms with Gasteiger partial charge in [0, 0.05) is 0 Å². The molecule has 0 aliphatic carbocycles. The molecule has 1 N–H and O–H groups in total. The van der Waals surface area contributed by atoms with Crippen molar-refractivity contribution < 1.29 is 9.15 Å². The van der Waals surface area contributed by atoms with E-state index in [0.29, 0.717) is 17.6 Å². The second-order valence-electron chi connectivity index (χ2n) is 2.93. The zero-order valence-corrected chi connectivity index (χ0v) is 9.20. The molecule has 0 bridgehead atoms. The fourth-order valence-electron chi connectivity index (χ4n) is 1.08. The predicted octanol–water partition coefficient (Wildman–Crippen LogP) is 1.63. The van der Waals surface area contributed by atoms with Crippen LogP contribution in [0.5, 0.6) is 5.75 Å². The zero-order valence-electron chi connectivity index (χ0n) is 8.38. The minimum Gasteiger partial charge on any atom is -0.483 e. The summed E-state index contributed by atoms with van der Waals surface area (Å²) in [5, 5.41) is 5.88. The maximum atomic E-state index is 10.6. The Morgan fingerprint density at radius 2 is 2.19 bits per heavy atom. The van der Waals surface area contributed by atoms with Crippen LogP contribution in [0.1, 0.15) is 5.89 Å². The molecule has 0 atom stereocenters. The van der Waals surface area contributed by atoms with Crippen LogP contribution in [0.4, 0.5) is 0 Å². The third kappa shape index (κ3) is 3.16. The van der Waals surface area contributed by atoms with Crippen LogP contribution in [0.3, 0.4) is 0 Å². The number of thioether (sulfide) groups is 1. The molecular weight excluding hydrogens is 228 g/mol. The molecule has 0 fully saturated rings. The number of nitrogens with zero attached hydrogens (tertiary/aromatic N) is 1. The number of hydrogen-bond donors (Lipinski definition) is 1. The van der Waals surface area contributed by atoms with E-state index in [0.717, 1.165) is 5.75 Å². The highest BCUT2D eigenvalue weighted by Gasteiger charge is 2.01. The number of aromatic nitrogens is 2. The Labute approximate surface area is 95.8 Å². The van der Waals surface area contributed by atoms with E-state index in [-0.39, 0.29) is 0 Å². The van der Waals surface area contributed by atoms with E-state index in [1.807, 2.05) is 30.3 Å². The standard InChI is InChI=1S/C10H10N2O3S/c13-10-12-11-9(15-10)6-16-7-14-8-4-2-1-3-5-8/h1-5H,6-7H2,(H,12,13). The van der Waals surface area contributed by atoms with Crippen molar-refractivity contribution in [1.29, 1.82) is 0 Å². The summed E-state index contributed by atoms with van der Waals surface area (Å²) >= 11 is 1.48. The fraction of sp³-hybridized carbons (Fsp3) is 0.200. The smallest absolute Gasteiger partial charge is 0.434 e. The van der Waals surface area contributed by atoms with Crippen LogP contribution >= 0.6 is 11.8 Å². The Hall–Kier alpha value is -1.69. The normalized spacial score (nSPS) is 10.2. The summed E-state index contributed by atoms with van der Waals surface area (Å²) in [6.45, 7) is 0. The first kappa shape index (κ1) is 10.8. The summed E-state index contributed by atoms with van der Waals surface area (Å²) in [4.78, 5) is 10.6. The van der Waals surface area contributed by atoms with Gasteiger partial charge in [-0.15, -0.1) is 16.9 Å². The van der Waals surface area contributed by atoms with Crippen molar-refractivity contribution in [3.05, 3.63) is 46.8 Å². The number of aromatic amines is 1. The second kappa shape index (κ2) is 5.41.